The number of aromatic amines is 1. The Morgan fingerprint density at radius 2 is 2.12 bits per heavy atom. The Hall–Kier alpha value is -2.24. The molecular weight excluding hydrogens is 230 g/mol. The van der Waals surface area contributed by atoms with Gasteiger partial charge < -0.3 is 10.1 Å². The molecule has 0 unspecified atom stereocenters. The minimum atomic E-state index is -1.20. The number of nitrogens with one attached hydrogen (secondary N) is 1. The number of nitrogens with zero attached hydrogens (tertiary/aromatic N) is 1. The molecule has 0 bridgehead atoms. The number of aromatic carboxylic acids is 1. The molecule has 0 saturated carbocycles. The second-order valence-electron chi connectivity index (χ2n) is 3.49. The average Bonchev–Trinajstić information content (AvgIpc) is 2.60. The molecule has 0 saturated heterocycles. The lowest BCUT2D eigenvalue weighted by Crippen LogP contribution is -1.98. The number of rotatable bonds is 2. The predicted octanol–water partition coefficient (Wildman–Crippen LogP) is 2.36. The minimum Gasteiger partial charge on any atom is -0.476 e. The van der Waals surface area contributed by atoms with Crippen molar-refractivity contribution in [1.29, 1.82) is 0 Å². The molecule has 1 aromatic carbocycles. The number of imidazole rings is 1. The summed E-state index contributed by atoms with van der Waals surface area (Å²) in [6.07, 6.45) is 0. The fourth-order valence-electron chi connectivity index (χ4n) is 1.48. The monoisotopic (exact) mass is 238 g/mol. The summed E-state index contributed by atoms with van der Waals surface area (Å²) in [6.45, 7) is 1.52. The molecule has 1 heterocycles. The van der Waals surface area contributed by atoms with E-state index in [2.05, 4.69) is 9.97 Å². The Labute approximate surface area is 94.9 Å². The smallest absolute Gasteiger partial charge is 0.356 e. The van der Waals surface area contributed by atoms with Gasteiger partial charge in [0.2, 0.25) is 0 Å². The number of hydrogen-bond donors (Lipinski definition) is 2. The molecule has 0 spiro atoms. The highest BCUT2D eigenvalue weighted by Crippen LogP contribution is 2.22. The number of carboxylic acid groups (broad SMARTS) is 1. The van der Waals surface area contributed by atoms with Gasteiger partial charge in [0.05, 0.1) is 5.56 Å². The first-order valence-corrected chi connectivity index (χ1v) is 4.74. The second kappa shape index (κ2) is 3.97. The summed E-state index contributed by atoms with van der Waals surface area (Å²) in [6, 6.07) is 3.00. The van der Waals surface area contributed by atoms with Gasteiger partial charge in [-0.25, -0.2) is 18.6 Å². The standard InChI is InChI=1S/C11H8F2N2O2/c1-5-9(11(16)17)15-10(14-5)7-3-2-6(12)4-8(7)13/h2-4H,1H3,(H,14,15)(H,16,17). The highest BCUT2D eigenvalue weighted by Gasteiger charge is 2.16. The fraction of sp³-hybridized carbons (Fsp3) is 0.0909. The molecule has 2 N–H and O–H groups in total. The van der Waals surface area contributed by atoms with Gasteiger partial charge in [0, 0.05) is 11.8 Å². The van der Waals surface area contributed by atoms with Crippen molar-refractivity contribution in [2.45, 2.75) is 6.92 Å². The number of H-pyrrole nitrogens is 1. The van der Waals surface area contributed by atoms with Gasteiger partial charge in [0.15, 0.2) is 5.69 Å². The normalized spacial score (nSPS) is 10.5. The van der Waals surface area contributed by atoms with Crippen LogP contribution in [0.4, 0.5) is 8.78 Å². The largest absolute Gasteiger partial charge is 0.476 e. The topological polar surface area (TPSA) is 66.0 Å². The van der Waals surface area contributed by atoms with Gasteiger partial charge in [-0.1, -0.05) is 0 Å². The van der Waals surface area contributed by atoms with Crippen LogP contribution in [0.3, 0.4) is 0 Å². The Morgan fingerprint density at radius 3 is 2.65 bits per heavy atom. The zero-order chi connectivity index (χ0) is 12.6. The molecule has 0 aliphatic rings. The van der Waals surface area contributed by atoms with Crippen LogP contribution in [0.2, 0.25) is 0 Å². The first-order valence-electron chi connectivity index (χ1n) is 4.74. The van der Waals surface area contributed by atoms with Crippen molar-refractivity contribution in [3.05, 3.63) is 41.2 Å². The van der Waals surface area contributed by atoms with Gasteiger partial charge in [-0.2, -0.15) is 0 Å². The summed E-state index contributed by atoms with van der Waals surface area (Å²) >= 11 is 0. The zero-order valence-corrected chi connectivity index (χ0v) is 8.79. The number of carboxylic acids is 1. The lowest BCUT2D eigenvalue weighted by Gasteiger charge is -1.98. The van der Waals surface area contributed by atoms with Crippen molar-refractivity contribution >= 4 is 5.97 Å². The molecule has 0 aliphatic carbocycles. The van der Waals surface area contributed by atoms with E-state index in [9.17, 15) is 13.6 Å². The van der Waals surface area contributed by atoms with Crippen molar-refractivity contribution in [2.75, 3.05) is 0 Å². The Balaban J connectivity index is 2.53. The van der Waals surface area contributed by atoms with Crippen LogP contribution in [-0.4, -0.2) is 21.0 Å². The van der Waals surface area contributed by atoms with Crippen LogP contribution in [-0.2, 0) is 0 Å². The Morgan fingerprint density at radius 1 is 1.41 bits per heavy atom. The third kappa shape index (κ3) is 2.01. The van der Waals surface area contributed by atoms with Crippen LogP contribution in [0, 0.1) is 18.6 Å². The third-order valence-electron chi connectivity index (χ3n) is 2.27. The second-order valence-corrected chi connectivity index (χ2v) is 3.49. The maximum atomic E-state index is 13.4. The number of aryl methyl sites for hydroxylation is 1. The number of carbonyl (C=O) groups is 1. The number of aromatic nitrogens is 2. The van der Waals surface area contributed by atoms with Crippen molar-refractivity contribution in [1.82, 2.24) is 9.97 Å². The molecule has 0 radical (unpaired) electrons. The number of hydrogen-bond acceptors (Lipinski definition) is 2. The lowest BCUT2D eigenvalue weighted by atomic mass is 10.2. The highest BCUT2D eigenvalue weighted by molar-refractivity contribution is 5.87. The summed E-state index contributed by atoms with van der Waals surface area (Å²) in [5.74, 6) is -2.63. The van der Waals surface area contributed by atoms with Crippen molar-refractivity contribution < 1.29 is 18.7 Å². The molecule has 88 valence electrons. The molecule has 4 nitrogen and oxygen atoms in total. The predicted molar refractivity (Wildman–Crippen MR) is 55.6 cm³/mol. The molecule has 6 heteroatoms. The molecule has 1 aromatic heterocycles. The van der Waals surface area contributed by atoms with E-state index in [4.69, 9.17) is 5.11 Å². The summed E-state index contributed by atoms with van der Waals surface area (Å²) in [7, 11) is 0. The molecule has 0 atom stereocenters. The maximum absolute atomic E-state index is 13.4. The van der Waals surface area contributed by atoms with Gasteiger partial charge in [-0.05, 0) is 19.1 Å². The van der Waals surface area contributed by atoms with Crippen molar-refractivity contribution in [3.8, 4) is 11.4 Å². The van der Waals surface area contributed by atoms with E-state index in [1.807, 2.05) is 0 Å². The van der Waals surface area contributed by atoms with E-state index in [0.717, 1.165) is 6.07 Å². The van der Waals surface area contributed by atoms with Gasteiger partial charge in [0.1, 0.15) is 17.5 Å². The lowest BCUT2D eigenvalue weighted by molar-refractivity contribution is 0.0690. The van der Waals surface area contributed by atoms with E-state index in [1.54, 1.807) is 0 Å². The van der Waals surface area contributed by atoms with Crippen molar-refractivity contribution in [2.24, 2.45) is 0 Å². The molecule has 2 rings (SSSR count). The summed E-state index contributed by atoms with van der Waals surface area (Å²) in [4.78, 5) is 17.2. The van der Waals surface area contributed by atoms with E-state index >= 15 is 0 Å². The molecule has 17 heavy (non-hydrogen) atoms. The van der Waals surface area contributed by atoms with Gasteiger partial charge in [0.25, 0.3) is 0 Å². The van der Waals surface area contributed by atoms with Crippen LogP contribution in [0.15, 0.2) is 18.2 Å². The number of halogens is 2. The van der Waals surface area contributed by atoms with E-state index < -0.39 is 17.6 Å². The van der Waals surface area contributed by atoms with Gasteiger partial charge in [-0.15, -0.1) is 0 Å². The van der Waals surface area contributed by atoms with Crippen LogP contribution < -0.4 is 0 Å². The van der Waals surface area contributed by atoms with E-state index in [0.29, 0.717) is 11.8 Å². The number of benzene rings is 1. The first kappa shape index (κ1) is 11.3. The van der Waals surface area contributed by atoms with Crippen LogP contribution in [0.25, 0.3) is 11.4 Å². The summed E-state index contributed by atoms with van der Waals surface area (Å²) in [5, 5.41) is 8.80. The average molecular weight is 238 g/mol. The summed E-state index contributed by atoms with van der Waals surface area (Å²) in [5.41, 5.74) is 0.168. The molecule has 0 fully saturated rings. The maximum Gasteiger partial charge on any atom is 0.356 e. The fourth-order valence-corrected chi connectivity index (χ4v) is 1.48. The van der Waals surface area contributed by atoms with Crippen molar-refractivity contribution in [3.63, 3.8) is 0 Å². The van der Waals surface area contributed by atoms with Crippen LogP contribution >= 0.6 is 0 Å². The quantitative estimate of drug-likeness (QED) is 0.844. The van der Waals surface area contributed by atoms with Gasteiger partial charge >= 0.3 is 5.97 Å². The Kier molecular flexibility index (Phi) is 2.63. The van der Waals surface area contributed by atoms with Gasteiger partial charge in [-0.3, -0.25) is 0 Å². The minimum absolute atomic E-state index is 0.0296. The third-order valence-corrected chi connectivity index (χ3v) is 2.27. The summed E-state index contributed by atoms with van der Waals surface area (Å²) < 4.78 is 26.1. The molecule has 2 aromatic rings. The molecular formula is C11H8F2N2O2. The highest BCUT2D eigenvalue weighted by atomic mass is 19.1. The van der Waals surface area contributed by atoms with E-state index in [1.165, 1.54) is 13.0 Å². The Bertz CT molecular complexity index is 593. The molecule has 0 amide bonds. The zero-order valence-electron chi connectivity index (χ0n) is 8.79. The van der Waals surface area contributed by atoms with Crippen LogP contribution in [0.5, 0.6) is 0 Å². The first-order chi connectivity index (χ1) is 7.99. The van der Waals surface area contributed by atoms with E-state index in [-0.39, 0.29) is 17.1 Å². The van der Waals surface area contributed by atoms with Crippen LogP contribution in [0.1, 0.15) is 16.2 Å². The SMILES string of the molecule is Cc1[nH]c(-c2ccc(F)cc2F)nc1C(=O)O. The molecule has 0 aliphatic heterocycles.